The Balaban J connectivity index is 1.88. The molecule has 0 fully saturated rings. The fourth-order valence-corrected chi connectivity index (χ4v) is 4.04. The minimum atomic E-state index is -0.516. The van der Waals surface area contributed by atoms with Gasteiger partial charge in [0.05, 0.1) is 17.6 Å². The number of pyridine rings is 1. The van der Waals surface area contributed by atoms with E-state index in [2.05, 4.69) is 15.5 Å². The summed E-state index contributed by atoms with van der Waals surface area (Å²) in [5, 5.41) is 11.8. The standard InChI is InChI=1S/C18H15Cl2N5O2/c1-10-4-13-5-11(6-17(27)25(13)18(10)16(26)8-19)14-7-12(20)2-3-15(14)24-9-21-22-23-24/h2-3,5-7,9-10,18H,4,8H2,1H3/t10-,18-/m0/s1. The number of halogens is 2. The van der Waals surface area contributed by atoms with Crippen molar-refractivity contribution in [1.29, 1.82) is 0 Å². The van der Waals surface area contributed by atoms with Crippen molar-refractivity contribution in [1.82, 2.24) is 24.8 Å². The highest BCUT2D eigenvalue weighted by molar-refractivity contribution is 6.31. The number of rotatable bonds is 4. The highest BCUT2D eigenvalue weighted by Gasteiger charge is 2.35. The summed E-state index contributed by atoms with van der Waals surface area (Å²) < 4.78 is 3.07. The predicted octanol–water partition coefficient (Wildman–Crippen LogP) is 2.69. The van der Waals surface area contributed by atoms with Gasteiger partial charge in [-0.2, -0.15) is 4.68 Å². The molecule has 0 unspecified atom stereocenters. The fourth-order valence-electron chi connectivity index (χ4n) is 3.71. The number of tetrazole rings is 1. The largest absolute Gasteiger partial charge is 0.302 e. The van der Waals surface area contributed by atoms with Crippen molar-refractivity contribution < 1.29 is 4.79 Å². The van der Waals surface area contributed by atoms with Gasteiger partial charge in [0.2, 0.25) is 0 Å². The minimum Gasteiger partial charge on any atom is -0.302 e. The molecule has 0 aliphatic carbocycles. The maximum absolute atomic E-state index is 12.9. The van der Waals surface area contributed by atoms with Crippen molar-refractivity contribution in [3.05, 3.63) is 57.7 Å². The smallest absolute Gasteiger partial charge is 0.252 e. The molecule has 1 aliphatic heterocycles. The average Bonchev–Trinajstić information content (AvgIpc) is 3.28. The number of ketones is 1. The normalized spacial score (nSPS) is 18.5. The van der Waals surface area contributed by atoms with E-state index < -0.39 is 6.04 Å². The fraction of sp³-hybridized carbons (Fsp3) is 0.278. The van der Waals surface area contributed by atoms with Gasteiger partial charge < -0.3 is 4.57 Å². The van der Waals surface area contributed by atoms with Crippen LogP contribution in [-0.4, -0.2) is 36.4 Å². The molecule has 1 aliphatic rings. The van der Waals surface area contributed by atoms with Crippen molar-refractivity contribution >= 4 is 29.0 Å². The Kier molecular flexibility index (Phi) is 4.57. The van der Waals surface area contributed by atoms with Crippen LogP contribution >= 0.6 is 23.2 Å². The first kappa shape index (κ1) is 17.9. The highest BCUT2D eigenvalue weighted by Crippen LogP contribution is 2.34. The van der Waals surface area contributed by atoms with Crippen LogP contribution in [-0.2, 0) is 11.2 Å². The van der Waals surface area contributed by atoms with Gasteiger partial charge in [-0.3, -0.25) is 9.59 Å². The lowest BCUT2D eigenvalue weighted by atomic mass is 9.98. The van der Waals surface area contributed by atoms with Crippen molar-refractivity contribution in [2.45, 2.75) is 19.4 Å². The van der Waals surface area contributed by atoms with Crippen molar-refractivity contribution in [2.24, 2.45) is 5.92 Å². The van der Waals surface area contributed by atoms with Gasteiger partial charge in [0.1, 0.15) is 6.33 Å². The minimum absolute atomic E-state index is 0.0116. The van der Waals surface area contributed by atoms with E-state index in [0.29, 0.717) is 22.7 Å². The molecule has 2 aromatic heterocycles. The Hall–Kier alpha value is -2.51. The molecular weight excluding hydrogens is 389 g/mol. The first-order valence-corrected chi connectivity index (χ1v) is 9.28. The molecule has 0 radical (unpaired) electrons. The van der Waals surface area contributed by atoms with Gasteiger partial charge in [-0.05, 0) is 52.6 Å². The molecule has 3 aromatic rings. The molecule has 3 heterocycles. The Bertz CT molecular complexity index is 1080. The predicted molar refractivity (Wildman–Crippen MR) is 101 cm³/mol. The van der Waals surface area contributed by atoms with Crippen molar-refractivity contribution in [3.8, 4) is 16.8 Å². The summed E-state index contributed by atoms with van der Waals surface area (Å²) in [7, 11) is 0. The number of fused-ring (bicyclic) bond motifs is 1. The van der Waals surface area contributed by atoms with Gasteiger partial charge in [-0.15, -0.1) is 16.7 Å². The lowest BCUT2D eigenvalue weighted by Crippen LogP contribution is -2.30. The average molecular weight is 404 g/mol. The number of hydrogen-bond donors (Lipinski definition) is 0. The number of benzene rings is 1. The zero-order chi connectivity index (χ0) is 19.1. The van der Waals surface area contributed by atoms with E-state index in [4.69, 9.17) is 23.2 Å². The number of carbonyl (C=O) groups is 1. The monoisotopic (exact) mass is 403 g/mol. The van der Waals surface area contributed by atoms with E-state index in [-0.39, 0.29) is 23.1 Å². The van der Waals surface area contributed by atoms with Crippen LogP contribution in [0.15, 0.2) is 41.5 Å². The van der Waals surface area contributed by atoms with Crippen LogP contribution in [0, 0.1) is 5.92 Å². The number of alkyl halides is 1. The second-order valence-corrected chi connectivity index (χ2v) is 7.29. The van der Waals surface area contributed by atoms with Crippen LogP contribution in [0.25, 0.3) is 16.8 Å². The summed E-state index contributed by atoms with van der Waals surface area (Å²) in [6.45, 7) is 1.95. The summed E-state index contributed by atoms with van der Waals surface area (Å²) >= 11 is 11.9. The van der Waals surface area contributed by atoms with Crippen LogP contribution in [0.3, 0.4) is 0 Å². The number of Topliss-reactive ketones (excluding diaryl/α,β-unsaturated/α-hetero) is 1. The zero-order valence-corrected chi connectivity index (χ0v) is 15.9. The van der Waals surface area contributed by atoms with Crippen LogP contribution in [0.4, 0.5) is 0 Å². The summed E-state index contributed by atoms with van der Waals surface area (Å²) in [6, 6.07) is 8.21. The molecular formula is C18H15Cl2N5O2. The first-order valence-electron chi connectivity index (χ1n) is 8.37. The maximum atomic E-state index is 12.9. The van der Waals surface area contributed by atoms with Gasteiger partial charge in [0.15, 0.2) is 5.78 Å². The van der Waals surface area contributed by atoms with E-state index in [1.54, 1.807) is 22.8 Å². The Labute approximate surface area is 164 Å². The summed E-state index contributed by atoms with van der Waals surface area (Å²) in [4.78, 5) is 25.1. The van der Waals surface area contributed by atoms with Crippen LogP contribution in [0.2, 0.25) is 5.02 Å². The van der Waals surface area contributed by atoms with Crippen LogP contribution < -0.4 is 5.56 Å². The van der Waals surface area contributed by atoms with Gasteiger partial charge in [0.25, 0.3) is 5.56 Å². The summed E-state index contributed by atoms with van der Waals surface area (Å²) in [5.41, 5.74) is 2.70. The number of aromatic nitrogens is 5. The molecule has 7 nitrogen and oxygen atoms in total. The molecule has 0 N–H and O–H groups in total. The number of hydrogen-bond acceptors (Lipinski definition) is 5. The third kappa shape index (κ3) is 3.07. The Morgan fingerprint density at radius 3 is 2.81 bits per heavy atom. The van der Waals surface area contributed by atoms with E-state index in [1.165, 1.54) is 17.1 Å². The molecule has 0 spiro atoms. The quantitative estimate of drug-likeness (QED) is 0.625. The lowest BCUT2D eigenvalue weighted by molar-refractivity contribution is -0.120. The third-order valence-electron chi connectivity index (χ3n) is 4.82. The van der Waals surface area contributed by atoms with E-state index in [0.717, 1.165) is 11.3 Å². The summed E-state index contributed by atoms with van der Waals surface area (Å²) in [6.07, 6.45) is 2.10. The molecule has 0 bridgehead atoms. The van der Waals surface area contributed by atoms with Crippen molar-refractivity contribution in [3.63, 3.8) is 0 Å². The van der Waals surface area contributed by atoms with Gasteiger partial charge >= 0.3 is 0 Å². The zero-order valence-electron chi connectivity index (χ0n) is 14.3. The van der Waals surface area contributed by atoms with Crippen molar-refractivity contribution in [2.75, 3.05) is 5.88 Å². The van der Waals surface area contributed by atoms with Crippen LogP contribution in [0.1, 0.15) is 18.7 Å². The highest BCUT2D eigenvalue weighted by atomic mass is 35.5. The second kappa shape index (κ2) is 6.90. The summed E-state index contributed by atoms with van der Waals surface area (Å²) in [5.74, 6) is -0.243. The molecule has 1 aromatic carbocycles. The second-order valence-electron chi connectivity index (χ2n) is 6.59. The Morgan fingerprint density at radius 2 is 2.11 bits per heavy atom. The third-order valence-corrected chi connectivity index (χ3v) is 5.32. The molecule has 138 valence electrons. The molecule has 0 saturated carbocycles. The van der Waals surface area contributed by atoms with Crippen LogP contribution in [0.5, 0.6) is 0 Å². The first-order chi connectivity index (χ1) is 13.0. The van der Waals surface area contributed by atoms with E-state index >= 15 is 0 Å². The van der Waals surface area contributed by atoms with Gasteiger partial charge in [0, 0.05) is 22.3 Å². The number of carbonyl (C=O) groups excluding carboxylic acids is 1. The SMILES string of the molecule is C[C@H]1Cc2cc(-c3cc(Cl)ccc3-n3cnnn3)cc(=O)n2[C@@H]1C(=O)CCl. The maximum Gasteiger partial charge on any atom is 0.252 e. The molecule has 2 atom stereocenters. The van der Waals surface area contributed by atoms with Gasteiger partial charge in [-0.1, -0.05) is 18.5 Å². The van der Waals surface area contributed by atoms with E-state index in [1.807, 2.05) is 13.0 Å². The molecule has 9 heteroatoms. The molecule has 0 amide bonds. The van der Waals surface area contributed by atoms with Gasteiger partial charge in [-0.25, -0.2) is 0 Å². The molecule has 4 rings (SSSR count). The van der Waals surface area contributed by atoms with E-state index in [9.17, 15) is 9.59 Å². The number of nitrogens with zero attached hydrogens (tertiary/aromatic N) is 5. The Morgan fingerprint density at radius 1 is 1.30 bits per heavy atom. The molecule has 0 saturated heterocycles. The topological polar surface area (TPSA) is 82.7 Å². The lowest BCUT2D eigenvalue weighted by Gasteiger charge is -2.16. The molecule has 27 heavy (non-hydrogen) atoms.